The minimum atomic E-state index is -4.13. The number of rotatable bonds is 8. The van der Waals surface area contributed by atoms with Gasteiger partial charge < -0.3 is 8.92 Å². The van der Waals surface area contributed by atoms with Crippen LogP contribution >= 0.6 is 11.6 Å². The van der Waals surface area contributed by atoms with Gasteiger partial charge >= 0.3 is 10.1 Å². The molecule has 0 fully saturated rings. The van der Waals surface area contributed by atoms with E-state index in [1.807, 2.05) is 67.6 Å². The Morgan fingerprint density at radius 1 is 0.949 bits per heavy atom. The lowest BCUT2D eigenvalue weighted by molar-refractivity contribution is 0.390. The largest absolute Gasteiger partial charge is 0.492 e. The van der Waals surface area contributed by atoms with E-state index in [9.17, 15) is 8.42 Å². The van der Waals surface area contributed by atoms with E-state index in [1.54, 1.807) is 17.0 Å². The second kappa shape index (κ2) is 11.0. The van der Waals surface area contributed by atoms with Crippen molar-refractivity contribution < 1.29 is 17.3 Å². The van der Waals surface area contributed by atoms with Crippen LogP contribution in [0.2, 0.25) is 5.02 Å². The topological polar surface area (TPSA) is 82.8 Å². The van der Waals surface area contributed by atoms with E-state index in [1.165, 1.54) is 31.4 Å². The number of halogens is 1. The zero-order valence-corrected chi connectivity index (χ0v) is 22.6. The number of para-hydroxylation sites is 1. The Morgan fingerprint density at radius 2 is 1.67 bits per heavy atom. The first-order valence-electron chi connectivity index (χ1n) is 11.8. The summed E-state index contributed by atoms with van der Waals surface area (Å²) in [6.07, 6.45) is 1.58. The quantitative estimate of drug-likeness (QED) is 0.158. The summed E-state index contributed by atoms with van der Waals surface area (Å²) in [6, 6.07) is 32.5. The highest BCUT2D eigenvalue weighted by atomic mass is 35.5. The predicted molar refractivity (Wildman–Crippen MR) is 151 cm³/mol. The minimum absolute atomic E-state index is 0.0495. The summed E-state index contributed by atoms with van der Waals surface area (Å²) < 4.78 is 37.8. The number of aliphatic imine (C=N–C) groups is 1. The highest BCUT2D eigenvalue weighted by Gasteiger charge is 2.19. The molecule has 0 saturated carbocycles. The van der Waals surface area contributed by atoms with Crippen LogP contribution in [0, 0.1) is 19.1 Å². The fourth-order valence-corrected chi connectivity index (χ4v) is 4.73. The molecule has 39 heavy (non-hydrogen) atoms. The van der Waals surface area contributed by atoms with E-state index in [2.05, 4.69) is 17.1 Å². The predicted octanol–water partition coefficient (Wildman–Crippen LogP) is 6.63. The van der Waals surface area contributed by atoms with Crippen LogP contribution in [0.5, 0.6) is 11.5 Å². The molecule has 0 amide bonds. The van der Waals surface area contributed by atoms with Crippen molar-refractivity contribution in [3.05, 3.63) is 119 Å². The number of aryl methyl sites for hydroxylation is 1. The lowest BCUT2D eigenvalue weighted by Gasteiger charge is -2.09. The molecule has 0 aliphatic heterocycles. The molecule has 0 aliphatic rings. The van der Waals surface area contributed by atoms with Crippen LogP contribution in [0.1, 0.15) is 11.1 Å². The van der Waals surface area contributed by atoms with Crippen molar-refractivity contribution >= 4 is 33.8 Å². The van der Waals surface area contributed by atoms with Crippen LogP contribution in [0.15, 0.2) is 101 Å². The Balaban J connectivity index is 1.45. The lowest BCUT2D eigenvalue weighted by atomic mass is 10.1. The molecule has 0 bridgehead atoms. The molecular weight excluding hydrogens is 534 g/mol. The summed E-state index contributed by atoms with van der Waals surface area (Å²) in [4.78, 5) is 4.60. The van der Waals surface area contributed by atoms with Gasteiger partial charge in [-0.2, -0.15) is 13.5 Å². The number of hydrogen-bond acceptors (Lipinski definition) is 6. The fourth-order valence-electron chi connectivity index (χ4n) is 3.70. The van der Waals surface area contributed by atoms with Gasteiger partial charge in [0.25, 0.3) is 0 Å². The first-order valence-corrected chi connectivity index (χ1v) is 13.6. The van der Waals surface area contributed by atoms with Gasteiger partial charge in [-0.25, -0.2) is 9.67 Å². The Hall–Kier alpha value is -4.58. The van der Waals surface area contributed by atoms with Crippen molar-refractivity contribution in [2.45, 2.75) is 11.8 Å². The summed E-state index contributed by atoms with van der Waals surface area (Å²) in [5, 5.41) is 5.19. The molecule has 1 heterocycles. The van der Waals surface area contributed by atoms with Crippen LogP contribution in [0.3, 0.4) is 0 Å². The third kappa shape index (κ3) is 5.96. The van der Waals surface area contributed by atoms with E-state index in [0.717, 1.165) is 22.5 Å². The third-order valence-corrected chi connectivity index (χ3v) is 7.21. The molecule has 0 atom stereocenters. The summed E-state index contributed by atoms with van der Waals surface area (Å²) in [5.41, 5.74) is 4.26. The number of methoxy groups -OCH3 is 1. The van der Waals surface area contributed by atoms with Gasteiger partial charge in [0, 0.05) is 34.5 Å². The molecule has 0 radical (unpaired) electrons. The summed E-state index contributed by atoms with van der Waals surface area (Å²) >= 11 is 5.86. The molecule has 0 unspecified atom stereocenters. The maximum Gasteiger partial charge on any atom is 0.339 e. The minimum Gasteiger partial charge on any atom is -0.492 e. The monoisotopic (exact) mass is 555 g/mol. The van der Waals surface area contributed by atoms with Crippen molar-refractivity contribution in [2.24, 2.45) is 4.99 Å². The van der Waals surface area contributed by atoms with Crippen LogP contribution in [0.25, 0.3) is 16.9 Å². The smallest absolute Gasteiger partial charge is 0.339 e. The molecule has 1 aromatic heterocycles. The highest BCUT2D eigenvalue weighted by molar-refractivity contribution is 7.87. The van der Waals surface area contributed by atoms with Gasteiger partial charge in [0.2, 0.25) is 5.75 Å². The molecule has 5 aromatic rings. The standard InChI is InChI=1S/C30H22ClN3O4S/c1-21-8-11-23(12-9-21)27-19-30(34(33-27)25-6-4-3-5-7-25)32-20-22-10-17-28(29(18-22)37-2)38-39(35,36)26-15-13-24(31)14-16-26/h3-9,11-16,18-20H,1-2H3. The number of aromatic nitrogens is 2. The van der Waals surface area contributed by atoms with Crippen molar-refractivity contribution in [3.8, 4) is 28.4 Å². The zero-order chi connectivity index (χ0) is 27.4. The molecule has 0 N–H and O–H groups in total. The maximum atomic E-state index is 12.7. The number of nitrogens with zero attached hydrogens (tertiary/aromatic N) is 3. The molecule has 0 saturated heterocycles. The van der Waals surface area contributed by atoms with Crippen LogP contribution in [-0.4, -0.2) is 31.5 Å². The van der Waals surface area contributed by atoms with E-state index >= 15 is 0 Å². The van der Waals surface area contributed by atoms with Crippen LogP contribution in [-0.2, 0) is 10.1 Å². The Labute approximate surface area is 232 Å². The average molecular weight is 556 g/mol. The molecule has 9 heteroatoms. The number of benzene rings is 3. The van der Waals surface area contributed by atoms with Crippen molar-refractivity contribution in [1.29, 1.82) is 0 Å². The molecule has 4 aromatic carbocycles. The molecule has 194 valence electrons. The first-order chi connectivity index (χ1) is 18.8. The van der Waals surface area contributed by atoms with Gasteiger partial charge in [0.1, 0.15) is 4.90 Å². The van der Waals surface area contributed by atoms with Gasteiger partial charge in [-0.05, 0) is 49.4 Å². The van der Waals surface area contributed by atoms with Gasteiger partial charge in [-0.1, -0.05) is 65.7 Å². The summed E-state index contributed by atoms with van der Waals surface area (Å²) in [7, 11) is -2.72. The van der Waals surface area contributed by atoms with E-state index < -0.39 is 10.1 Å². The normalized spacial score (nSPS) is 11.4. The Bertz CT molecular complexity index is 1730. The number of ether oxygens (including phenoxy) is 1. The highest BCUT2D eigenvalue weighted by Crippen LogP contribution is 2.30. The first kappa shape index (κ1) is 26.0. The van der Waals surface area contributed by atoms with Gasteiger partial charge in [-0.3, -0.25) is 0 Å². The van der Waals surface area contributed by atoms with Crippen LogP contribution < -0.4 is 8.92 Å². The van der Waals surface area contributed by atoms with Crippen LogP contribution in [0.4, 0.5) is 5.82 Å². The van der Waals surface area contributed by atoms with E-state index in [4.69, 9.17) is 25.6 Å². The van der Waals surface area contributed by atoms with Gasteiger partial charge in [0.15, 0.2) is 11.6 Å². The maximum absolute atomic E-state index is 12.7. The van der Waals surface area contributed by atoms with E-state index in [0.29, 0.717) is 16.4 Å². The lowest BCUT2D eigenvalue weighted by Crippen LogP contribution is -2.10. The SMILES string of the molecule is COc1cc(C=Nc2cc(-c3ccc(C)cc3)nn2-c2ccccc2)c#cc1OS(=O)(=O)c1ccc(Cl)cc1. The molecule has 7 nitrogen and oxygen atoms in total. The fraction of sp³-hybridized carbons (Fsp3) is 0.0667. The molecular formula is C30H22ClN3O4S. The third-order valence-electron chi connectivity index (χ3n) is 5.72. The summed E-state index contributed by atoms with van der Waals surface area (Å²) in [6.45, 7) is 2.04. The molecule has 5 rings (SSSR count). The summed E-state index contributed by atoms with van der Waals surface area (Å²) in [5.74, 6) is 0.625. The Kier molecular flexibility index (Phi) is 7.37. The van der Waals surface area contributed by atoms with Gasteiger partial charge in [-0.15, -0.1) is 0 Å². The Morgan fingerprint density at radius 3 is 2.36 bits per heavy atom. The van der Waals surface area contributed by atoms with E-state index in [-0.39, 0.29) is 16.4 Å². The van der Waals surface area contributed by atoms with Crippen molar-refractivity contribution in [2.75, 3.05) is 7.11 Å². The second-order valence-corrected chi connectivity index (χ2v) is 10.5. The second-order valence-electron chi connectivity index (χ2n) is 8.50. The van der Waals surface area contributed by atoms with Crippen molar-refractivity contribution in [1.82, 2.24) is 9.78 Å². The van der Waals surface area contributed by atoms with Gasteiger partial charge in [0.05, 0.1) is 18.5 Å². The van der Waals surface area contributed by atoms with Crippen molar-refractivity contribution in [3.63, 3.8) is 0 Å². The zero-order valence-electron chi connectivity index (χ0n) is 21.0. The molecule has 0 aliphatic carbocycles. The average Bonchev–Trinajstić information content (AvgIpc) is 3.37. The number of hydrogen-bond donors (Lipinski definition) is 0. The molecule has 0 spiro atoms.